The van der Waals surface area contributed by atoms with E-state index in [-0.39, 0.29) is 23.9 Å². The topological polar surface area (TPSA) is 92.5 Å². The summed E-state index contributed by atoms with van der Waals surface area (Å²) in [5.74, 6) is 0.172. The number of hydrogen-bond acceptors (Lipinski definition) is 5. The first-order chi connectivity index (χ1) is 13.1. The summed E-state index contributed by atoms with van der Waals surface area (Å²) in [6.07, 6.45) is -3.94. The smallest absolute Gasteiger partial charge is 0.360 e. The van der Waals surface area contributed by atoms with Gasteiger partial charge in [-0.15, -0.1) is 0 Å². The van der Waals surface area contributed by atoms with Crippen molar-refractivity contribution in [1.29, 1.82) is 0 Å². The Bertz CT molecular complexity index is 947. The molecule has 1 amide bonds. The van der Waals surface area contributed by atoms with Crippen molar-refractivity contribution in [2.75, 3.05) is 18.4 Å². The highest BCUT2D eigenvalue weighted by atomic mass is 32.2. The number of hydrogen-bond donors (Lipinski definition) is 1. The molecule has 0 saturated carbocycles. The molecule has 7 nitrogen and oxygen atoms in total. The van der Waals surface area contributed by atoms with Gasteiger partial charge in [0.25, 0.3) is 0 Å². The minimum Gasteiger partial charge on any atom is -0.360 e. The van der Waals surface area contributed by atoms with Gasteiger partial charge in [0.05, 0.1) is 10.5 Å². The molecule has 1 N–H and O–H groups in total. The van der Waals surface area contributed by atoms with Gasteiger partial charge in [-0.05, 0) is 44.0 Å². The molecule has 0 spiro atoms. The molecule has 152 valence electrons. The summed E-state index contributed by atoms with van der Waals surface area (Å²) < 4.78 is 69.2. The maximum Gasteiger partial charge on any atom is 0.416 e. The minimum atomic E-state index is -4.53. The van der Waals surface area contributed by atoms with Gasteiger partial charge in [-0.3, -0.25) is 4.79 Å². The highest BCUT2D eigenvalue weighted by Gasteiger charge is 2.34. The maximum atomic E-state index is 12.6. The average molecular weight is 417 g/mol. The third-order valence-corrected chi connectivity index (χ3v) is 6.44. The summed E-state index contributed by atoms with van der Waals surface area (Å²) in [5.41, 5.74) is -0.912. The largest absolute Gasteiger partial charge is 0.416 e. The molecule has 1 saturated heterocycles. The van der Waals surface area contributed by atoms with Gasteiger partial charge in [-0.2, -0.15) is 17.5 Å². The van der Waals surface area contributed by atoms with Gasteiger partial charge in [0.1, 0.15) is 5.76 Å². The fourth-order valence-electron chi connectivity index (χ4n) is 2.98. The number of aromatic nitrogens is 1. The molecular formula is C17H18F3N3O4S. The number of halogens is 3. The van der Waals surface area contributed by atoms with Crippen LogP contribution in [0, 0.1) is 12.8 Å². The average Bonchev–Trinajstić information content (AvgIpc) is 3.06. The van der Waals surface area contributed by atoms with Crippen LogP contribution in [0.15, 0.2) is 39.8 Å². The number of anilines is 1. The van der Waals surface area contributed by atoms with E-state index in [1.165, 1.54) is 4.31 Å². The van der Waals surface area contributed by atoms with E-state index in [0.29, 0.717) is 24.4 Å². The zero-order valence-electron chi connectivity index (χ0n) is 14.9. The Balaban J connectivity index is 1.62. The molecule has 11 heteroatoms. The number of rotatable bonds is 4. The lowest BCUT2D eigenvalue weighted by molar-refractivity contribution is -0.137. The second-order valence-electron chi connectivity index (χ2n) is 6.51. The van der Waals surface area contributed by atoms with Crippen LogP contribution in [-0.4, -0.2) is 36.9 Å². The van der Waals surface area contributed by atoms with Crippen LogP contribution < -0.4 is 5.32 Å². The Labute approximate surface area is 159 Å². The van der Waals surface area contributed by atoms with E-state index in [1.807, 2.05) is 0 Å². The first kappa shape index (κ1) is 20.3. The van der Waals surface area contributed by atoms with Gasteiger partial charge >= 0.3 is 6.18 Å². The van der Waals surface area contributed by atoms with Crippen LogP contribution in [0.5, 0.6) is 0 Å². The van der Waals surface area contributed by atoms with Crippen molar-refractivity contribution in [3.05, 3.63) is 41.7 Å². The molecule has 1 aliphatic rings. The van der Waals surface area contributed by atoms with Crippen molar-refractivity contribution < 1.29 is 30.9 Å². The summed E-state index contributed by atoms with van der Waals surface area (Å²) in [4.78, 5) is 12.1. The molecule has 28 heavy (non-hydrogen) atoms. The van der Waals surface area contributed by atoms with E-state index < -0.39 is 27.7 Å². The number of nitrogens with one attached hydrogen (secondary N) is 1. The Hall–Kier alpha value is -2.40. The zero-order chi connectivity index (χ0) is 20.5. The quantitative estimate of drug-likeness (QED) is 0.826. The summed E-state index contributed by atoms with van der Waals surface area (Å²) in [7, 11) is -3.92. The normalized spacial score (nSPS) is 16.9. The molecule has 3 rings (SSSR count). The van der Waals surface area contributed by atoms with Crippen molar-refractivity contribution in [1.82, 2.24) is 9.46 Å². The third-order valence-electron chi connectivity index (χ3n) is 4.52. The summed E-state index contributed by atoms with van der Waals surface area (Å²) >= 11 is 0. The molecule has 0 atom stereocenters. The SMILES string of the molecule is Cc1cc(NC(=O)C2CCN(S(=O)(=O)c3ccc(C(F)(F)F)cc3)CC2)no1. The highest BCUT2D eigenvalue weighted by Crippen LogP contribution is 2.31. The molecule has 0 bridgehead atoms. The first-order valence-electron chi connectivity index (χ1n) is 8.49. The number of carbonyl (C=O) groups is 1. The maximum absolute atomic E-state index is 12.6. The van der Waals surface area contributed by atoms with Crippen LogP contribution in [0.1, 0.15) is 24.2 Å². The number of aryl methyl sites for hydroxylation is 1. The van der Waals surface area contributed by atoms with Crippen molar-refractivity contribution >= 4 is 21.7 Å². The van der Waals surface area contributed by atoms with E-state index in [9.17, 15) is 26.4 Å². The Morgan fingerprint density at radius 3 is 2.32 bits per heavy atom. The van der Waals surface area contributed by atoms with Gasteiger partial charge in [0, 0.05) is 25.1 Å². The van der Waals surface area contributed by atoms with Gasteiger partial charge < -0.3 is 9.84 Å². The van der Waals surface area contributed by atoms with Gasteiger partial charge in [-0.1, -0.05) is 5.16 Å². The number of nitrogens with zero attached hydrogens (tertiary/aromatic N) is 2. The molecule has 1 aromatic heterocycles. The monoisotopic (exact) mass is 417 g/mol. The van der Waals surface area contributed by atoms with Crippen LogP contribution in [-0.2, 0) is 21.0 Å². The molecule has 0 unspecified atom stereocenters. The highest BCUT2D eigenvalue weighted by molar-refractivity contribution is 7.89. The van der Waals surface area contributed by atoms with Gasteiger partial charge in [0.2, 0.25) is 15.9 Å². The van der Waals surface area contributed by atoms with E-state index in [1.54, 1.807) is 13.0 Å². The predicted molar refractivity (Wildman–Crippen MR) is 92.8 cm³/mol. The fourth-order valence-corrected chi connectivity index (χ4v) is 4.45. The first-order valence-corrected chi connectivity index (χ1v) is 9.93. The Morgan fingerprint density at radius 2 is 1.82 bits per heavy atom. The lowest BCUT2D eigenvalue weighted by atomic mass is 9.97. The lowest BCUT2D eigenvalue weighted by Gasteiger charge is -2.30. The molecule has 1 aromatic carbocycles. The number of alkyl halides is 3. The van der Waals surface area contributed by atoms with E-state index in [2.05, 4.69) is 10.5 Å². The van der Waals surface area contributed by atoms with Crippen LogP contribution >= 0.6 is 0 Å². The van der Waals surface area contributed by atoms with E-state index in [0.717, 1.165) is 24.3 Å². The molecule has 0 radical (unpaired) electrons. The van der Waals surface area contributed by atoms with Crippen molar-refractivity contribution in [2.24, 2.45) is 5.92 Å². The third kappa shape index (κ3) is 4.36. The Morgan fingerprint density at radius 1 is 1.21 bits per heavy atom. The van der Waals surface area contributed by atoms with Gasteiger partial charge in [-0.25, -0.2) is 8.42 Å². The minimum absolute atomic E-state index is 0.0965. The molecular weight excluding hydrogens is 399 g/mol. The lowest BCUT2D eigenvalue weighted by Crippen LogP contribution is -2.41. The number of amides is 1. The van der Waals surface area contributed by atoms with Crippen LogP contribution in [0.3, 0.4) is 0 Å². The standard InChI is InChI=1S/C17H18F3N3O4S/c1-11-10-15(22-27-11)21-16(24)12-6-8-23(9-7-12)28(25,26)14-4-2-13(3-5-14)17(18,19)20/h2-5,10,12H,6-9H2,1H3,(H,21,22,24). The van der Waals surface area contributed by atoms with Crippen molar-refractivity contribution in [3.63, 3.8) is 0 Å². The second-order valence-corrected chi connectivity index (χ2v) is 8.45. The summed E-state index contributed by atoms with van der Waals surface area (Å²) in [6.45, 7) is 1.88. The van der Waals surface area contributed by atoms with Crippen molar-refractivity contribution in [2.45, 2.75) is 30.8 Å². The summed E-state index contributed by atoms with van der Waals surface area (Å²) in [5, 5.41) is 6.30. The molecule has 2 heterocycles. The zero-order valence-corrected chi connectivity index (χ0v) is 15.7. The van der Waals surface area contributed by atoms with Gasteiger partial charge in [0.15, 0.2) is 5.82 Å². The molecule has 1 aliphatic heterocycles. The molecule has 0 aliphatic carbocycles. The predicted octanol–water partition coefficient (Wildman–Crippen LogP) is 3.04. The van der Waals surface area contributed by atoms with E-state index in [4.69, 9.17) is 4.52 Å². The van der Waals surface area contributed by atoms with E-state index >= 15 is 0 Å². The second kappa shape index (κ2) is 7.55. The number of benzene rings is 1. The summed E-state index contributed by atoms with van der Waals surface area (Å²) in [6, 6.07) is 4.95. The number of carbonyl (C=O) groups excluding carboxylic acids is 1. The fraction of sp³-hybridized carbons (Fsp3) is 0.412. The van der Waals surface area contributed by atoms with Crippen molar-refractivity contribution in [3.8, 4) is 0 Å². The Kier molecular flexibility index (Phi) is 5.48. The number of sulfonamides is 1. The van der Waals surface area contributed by atoms with Crippen LogP contribution in [0.2, 0.25) is 0 Å². The van der Waals surface area contributed by atoms with Crippen LogP contribution in [0.25, 0.3) is 0 Å². The van der Waals surface area contributed by atoms with Crippen LogP contribution in [0.4, 0.5) is 19.0 Å². The molecule has 1 fully saturated rings. The molecule has 2 aromatic rings. The number of piperidine rings is 1.